The molecule has 0 spiro atoms. The lowest BCUT2D eigenvalue weighted by molar-refractivity contribution is -0.130. The first-order valence-electron chi connectivity index (χ1n) is 9.86. The Morgan fingerprint density at radius 3 is 2.41 bits per heavy atom. The van der Waals surface area contributed by atoms with Crippen molar-refractivity contribution in [3.8, 4) is 11.8 Å². The molecule has 1 N–H and O–H groups in total. The largest absolute Gasteiger partial charge is 0.472 e. The maximum Gasteiger partial charge on any atom is 0.382 e. The summed E-state index contributed by atoms with van der Waals surface area (Å²) in [5, 5.41) is 9.38. The number of aliphatic carboxylic acids is 1. The summed E-state index contributed by atoms with van der Waals surface area (Å²) in [6.45, 7) is 1.13. The van der Waals surface area contributed by atoms with Crippen LogP contribution in [0.3, 0.4) is 0 Å². The molecule has 0 saturated carbocycles. The summed E-state index contributed by atoms with van der Waals surface area (Å²) in [6, 6.07) is 18.5. The molecule has 160 valence electrons. The second-order valence-corrected chi connectivity index (χ2v) is 8.11. The monoisotopic (exact) mass is 448 g/mol. The lowest BCUT2D eigenvalue weighted by Gasteiger charge is -2.22. The molecule has 32 heavy (non-hydrogen) atoms. The summed E-state index contributed by atoms with van der Waals surface area (Å²) in [5.74, 6) is 2.93. The van der Waals surface area contributed by atoms with Gasteiger partial charge >= 0.3 is 5.97 Å². The van der Waals surface area contributed by atoms with E-state index in [2.05, 4.69) is 21.7 Å². The Labute approximate surface area is 187 Å². The lowest BCUT2D eigenvalue weighted by atomic mass is 10.1. The van der Waals surface area contributed by atoms with Crippen molar-refractivity contribution in [2.75, 3.05) is 11.4 Å². The van der Waals surface area contributed by atoms with Gasteiger partial charge in [0.25, 0.3) is 0 Å². The molecular formula is C25H18F2N2O2S. The SMILES string of the molecule is O=C(O)C#Cc1ccc(CN(CCc2ccc(F)cc2)c2nc3cccc(F)c3s2)cc1. The van der Waals surface area contributed by atoms with Crippen molar-refractivity contribution in [3.05, 3.63) is 95.1 Å². The van der Waals surface area contributed by atoms with Gasteiger partial charge in [0.1, 0.15) is 11.6 Å². The van der Waals surface area contributed by atoms with Crippen molar-refractivity contribution in [3.63, 3.8) is 0 Å². The topological polar surface area (TPSA) is 53.4 Å². The van der Waals surface area contributed by atoms with Crippen LogP contribution >= 0.6 is 11.3 Å². The molecule has 0 atom stereocenters. The van der Waals surface area contributed by atoms with Crippen molar-refractivity contribution < 1.29 is 18.7 Å². The van der Waals surface area contributed by atoms with Crippen molar-refractivity contribution in [2.24, 2.45) is 0 Å². The van der Waals surface area contributed by atoms with E-state index in [1.54, 1.807) is 36.4 Å². The maximum atomic E-state index is 14.2. The summed E-state index contributed by atoms with van der Waals surface area (Å²) in [7, 11) is 0. The first-order valence-corrected chi connectivity index (χ1v) is 10.7. The Bertz CT molecular complexity index is 1310. The Morgan fingerprint density at radius 2 is 1.72 bits per heavy atom. The fourth-order valence-electron chi connectivity index (χ4n) is 3.24. The summed E-state index contributed by atoms with van der Waals surface area (Å²) >= 11 is 1.30. The number of aromatic nitrogens is 1. The smallest absolute Gasteiger partial charge is 0.382 e. The molecule has 0 aliphatic rings. The van der Waals surface area contributed by atoms with Crippen LogP contribution in [0.15, 0.2) is 66.7 Å². The Kier molecular flexibility index (Phi) is 6.43. The minimum absolute atomic E-state index is 0.279. The van der Waals surface area contributed by atoms with Crippen molar-refractivity contribution >= 4 is 32.7 Å². The van der Waals surface area contributed by atoms with Crippen LogP contribution in [0.25, 0.3) is 10.2 Å². The van der Waals surface area contributed by atoms with Gasteiger partial charge in [-0.1, -0.05) is 47.6 Å². The fraction of sp³-hybridized carbons (Fsp3) is 0.120. The van der Waals surface area contributed by atoms with Crippen LogP contribution in [-0.2, 0) is 17.8 Å². The number of hydrogen-bond donors (Lipinski definition) is 1. The first kappa shape index (κ1) is 21.5. The predicted octanol–water partition coefficient (Wildman–Crippen LogP) is 5.26. The number of carboxylic acid groups (broad SMARTS) is 1. The molecule has 7 heteroatoms. The van der Waals surface area contributed by atoms with Crippen molar-refractivity contribution in [1.82, 2.24) is 4.98 Å². The van der Waals surface area contributed by atoms with Crippen molar-refractivity contribution in [2.45, 2.75) is 13.0 Å². The number of benzene rings is 3. The number of carbonyl (C=O) groups is 1. The van der Waals surface area contributed by atoms with Crippen LogP contribution < -0.4 is 4.90 Å². The number of carboxylic acids is 1. The molecular weight excluding hydrogens is 430 g/mol. The van der Waals surface area contributed by atoms with Gasteiger partial charge in [-0.3, -0.25) is 0 Å². The van der Waals surface area contributed by atoms with Crippen LogP contribution in [0.1, 0.15) is 16.7 Å². The Balaban J connectivity index is 1.59. The van der Waals surface area contributed by atoms with Crippen LogP contribution in [0, 0.1) is 23.5 Å². The summed E-state index contributed by atoms with van der Waals surface area (Å²) in [4.78, 5) is 17.3. The molecule has 4 aromatic rings. The highest BCUT2D eigenvalue weighted by atomic mass is 32.1. The number of rotatable bonds is 6. The Hall–Kier alpha value is -3.76. The maximum absolute atomic E-state index is 14.2. The van der Waals surface area contributed by atoms with Gasteiger partial charge < -0.3 is 10.0 Å². The zero-order valence-electron chi connectivity index (χ0n) is 16.9. The molecule has 0 saturated heterocycles. The molecule has 0 unspecified atom stereocenters. The normalized spacial score (nSPS) is 10.6. The van der Waals surface area contributed by atoms with Crippen LogP contribution in [0.4, 0.5) is 13.9 Å². The standard InChI is InChI=1S/C25H18F2N2O2S/c26-20-11-8-18(9-12-20)14-15-29(25-28-22-3-1-2-21(27)24(22)32-25)16-19-6-4-17(5-7-19)10-13-23(30)31/h1-9,11-12H,14-16H2,(H,30,31). The summed E-state index contributed by atoms with van der Waals surface area (Å²) in [6.07, 6.45) is 0.668. The number of hydrogen-bond acceptors (Lipinski definition) is 4. The highest BCUT2D eigenvalue weighted by Gasteiger charge is 2.15. The minimum Gasteiger partial charge on any atom is -0.472 e. The van der Waals surface area contributed by atoms with Gasteiger partial charge in [-0.15, -0.1) is 0 Å². The average Bonchev–Trinajstić information content (AvgIpc) is 3.23. The molecule has 0 radical (unpaired) electrons. The van der Waals surface area contributed by atoms with Crippen LogP contribution in [0.5, 0.6) is 0 Å². The minimum atomic E-state index is -1.18. The third kappa shape index (κ3) is 5.29. The fourth-order valence-corrected chi connectivity index (χ4v) is 4.23. The molecule has 0 fully saturated rings. The number of thiazole rings is 1. The predicted molar refractivity (Wildman–Crippen MR) is 122 cm³/mol. The highest BCUT2D eigenvalue weighted by Crippen LogP contribution is 2.31. The van der Waals surface area contributed by atoms with E-state index in [1.165, 1.54) is 29.5 Å². The first-order chi connectivity index (χ1) is 15.5. The number of fused-ring (bicyclic) bond motifs is 1. The third-order valence-electron chi connectivity index (χ3n) is 4.85. The third-order valence-corrected chi connectivity index (χ3v) is 5.99. The van der Waals surface area contributed by atoms with E-state index in [0.29, 0.717) is 40.4 Å². The van der Waals surface area contributed by atoms with Gasteiger partial charge in [-0.2, -0.15) is 0 Å². The zero-order chi connectivity index (χ0) is 22.5. The van der Waals surface area contributed by atoms with Gasteiger partial charge in [0.05, 0.1) is 10.2 Å². The van der Waals surface area contributed by atoms with E-state index in [1.807, 2.05) is 12.1 Å². The number of halogens is 2. The van der Waals surface area contributed by atoms with E-state index in [-0.39, 0.29) is 11.6 Å². The summed E-state index contributed by atoms with van der Waals surface area (Å²) in [5.41, 5.74) is 3.18. The van der Waals surface area contributed by atoms with E-state index >= 15 is 0 Å². The van der Waals surface area contributed by atoms with E-state index in [0.717, 1.165) is 11.1 Å². The molecule has 1 aromatic heterocycles. The van der Waals surface area contributed by atoms with Crippen LogP contribution in [0.2, 0.25) is 0 Å². The van der Waals surface area contributed by atoms with Gasteiger partial charge in [0.15, 0.2) is 5.13 Å². The van der Waals surface area contributed by atoms with E-state index in [4.69, 9.17) is 5.11 Å². The molecule has 0 amide bonds. The van der Waals surface area contributed by atoms with E-state index in [9.17, 15) is 13.6 Å². The molecule has 4 nitrogen and oxygen atoms in total. The number of nitrogens with zero attached hydrogens (tertiary/aromatic N) is 2. The molecule has 0 aliphatic heterocycles. The van der Waals surface area contributed by atoms with E-state index < -0.39 is 5.97 Å². The average molecular weight is 448 g/mol. The zero-order valence-corrected chi connectivity index (χ0v) is 17.7. The van der Waals surface area contributed by atoms with Gasteiger partial charge in [-0.05, 0) is 53.9 Å². The molecule has 1 heterocycles. The van der Waals surface area contributed by atoms with Crippen molar-refractivity contribution in [1.29, 1.82) is 0 Å². The molecule has 4 rings (SSSR count). The summed E-state index contributed by atoms with van der Waals surface area (Å²) < 4.78 is 28.0. The second-order valence-electron chi connectivity index (χ2n) is 7.13. The van der Waals surface area contributed by atoms with Gasteiger partial charge in [0.2, 0.25) is 0 Å². The second kappa shape index (κ2) is 9.58. The lowest BCUT2D eigenvalue weighted by Crippen LogP contribution is -2.25. The molecule has 0 aliphatic carbocycles. The quantitative estimate of drug-likeness (QED) is 0.409. The Morgan fingerprint density at radius 1 is 1.00 bits per heavy atom. The number of anilines is 1. The highest BCUT2D eigenvalue weighted by molar-refractivity contribution is 7.22. The van der Waals surface area contributed by atoms with Gasteiger partial charge in [0, 0.05) is 24.6 Å². The molecule has 3 aromatic carbocycles. The molecule has 0 bridgehead atoms. The van der Waals surface area contributed by atoms with Gasteiger partial charge in [-0.25, -0.2) is 18.6 Å². The van der Waals surface area contributed by atoms with Crippen LogP contribution in [-0.4, -0.2) is 22.6 Å².